The number of carbonyl (C=O) groups excluding carboxylic acids is 1. The standard InChI is InChI=1S/C27H23N5O3/c1-16-7-6-8-19(13-16)25-30-27-28-17(2)23(26(33)29-20-9-4-3-5-10-20)24(32(27)31-25)18-11-12-21-22(14-18)35-15-34-21/h3-14,24H,15H2,1-2H3,(H,29,33)(H,28,30,31). The van der Waals surface area contributed by atoms with Gasteiger partial charge in [0.1, 0.15) is 6.04 Å². The van der Waals surface area contributed by atoms with E-state index in [2.05, 4.69) is 10.6 Å². The summed E-state index contributed by atoms with van der Waals surface area (Å²) >= 11 is 0. The maximum atomic E-state index is 13.6. The summed E-state index contributed by atoms with van der Waals surface area (Å²) in [6.45, 7) is 4.09. The molecule has 1 unspecified atom stereocenters. The Kier molecular flexibility index (Phi) is 4.99. The zero-order valence-corrected chi connectivity index (χ0v) is 19.3. The molecule has 3 aromatic carbocycles. The van der Waals surface area contributed by atoms with Crippen molar-refractivity contribution in [1.82, 2.24) is 14.8 Å². The van der Waals surface area contributed by atoms with Gasteiger partial charge in [-0.25, -0.2) is 4.68 Å². The largest absolute Gasteiger partial charge is 0.454 e. The minimum Gasteiger partial charge on any atom is -0.454 e. The molecule has 8 nitrogen and oxygen atoms in total. The third kappa shape index (κ3) is 3.78. The van der Waals surface area contributed by atoms with E-state index < -0.39 is 6.04 Å². The Balaban J connectivity index is 1.47. The van der Waals surface area contributed by atoms with Crippen LogP contribution in [0.2, 0.25) is 0 Å². The molecule has 2 N–H and O–H groups in total. The molecule has 0 bridgehead atoms. The summed E-state index contributed by atoms with van der Waals surface area (Å²) in [7, 11) is 0. The number of nitrogens with zero attached hydrogens (tertiary/aromatic N) is 3. The van der Waals surface area contributed by atoms with Gasteiger partial charge in [-0.3, -0.25) is 4.79 Å². The van der Waals surface area contributed by atoms with Crippen molar-refractivity contribution in [3.8, 4) is 22.9 Å². The average Bonchev–Trinajstić information content (AvgIpc) is 3.50. The van der Waals surface area contributed by atoms with E-state index in [0.717, 1.165) is 16.7 Å². The number of anilines is 2. The van der Waals surface area contributed by atoms with Crippen LogP contribution in [0.3, 0.4) is 0 Å². The van der Waals surface area contributed by atoms with E-state index in [-0.39, 0.29) is 12.7 Å². The fourth-order valence-electron chi connectivity index (χ4n) is 4.46. The van der Waals surface area contributed by atoms with Crippen molar-refractivity contribution in [2.75, 3.05) is 17.4 Å². The number of aryl methyl sites for hydroxylation is 1. The molecule has 1 aromatic heterocycles. The zero-order valence-electron chi connectivity index (χ0n) is 19.3. The summed E-state index contributed by atoms with van der Waals surface area (Å²) in [6.07, 6.45) is 0. The first-order valence-corrected chi connectivity index (χ1v) is 11.3. The predicted molar refractivity (Wildman–Crippen MR) is 132 cm³/mol. The van der Waals surface area contributed by atoms with E-state index in [1.165, 1.54) is 0 Å². The van der Waals surface area contributed by atoms with Crippen LogP contribution >= 0.6 is 0 Å². The SMILES string of the molecule is CC1=C(C(=O)Nc2ccccc2)C(c2ccc3c(c2)OCO3)n2nc(-c3cccc(C)c3)nc2N1. The van der Waals surface area contributed by atoms with Crippen molar-refractivity contribution < 1.29 is 14.3 Å². The Bertz CT molecular complexity index is 1480. The maximum Gasteiger partial charge on any atom is 0.255 e. The van der Waals surface area contributed by atoms with Crippen LogP contribution in [0.25, 0.3) is 11.4 Å². The van der Waals surface area contributed by atoms with E-state index in [1.807, 2.05) is 86.6 Å². The molecule has 0 spiro atoms. The second kappa shape index (κ2) is 8.32. The van der Waals surface area contributed by atoms with E-state index in [0.29, 0.717) is 40.2 Å². The number of amides is 1. The number of carbonyl (C=O) groups is 1. The molecule has 0 saturated carbocycles. The van der Waals surface area contributed by atoms with Crippen LogP contribution in [0.4, 0.5) is 11.6 Å². The van der Waals surface area contributed by atoms with E-state index in [9.17, 15) is 4.79 Å². The Morgan fingerprint density at radius 1 is 1.00 bits per heavy atom. The molecule has 174 valence electrons. The first-order chi connectivity index (χ1) is 17.1. The van der Waals surface area contributed by atoms with Crippen LogP contribution in [0, 0.1) is 6.92 Å². The molecule has 1 atom stereocenters. The Hall–Kier alpha value is -4.59. The first kappa shape index (κ1) is 21.0. The number of allylic oxidation sites excluding steroid dienone is 1. The highest BCUT2D eigenvalue weighted by molar-refractivity contribution is 6.06. The molecule has 0 radical (unpaired) electrons. The van der Waals surface area contributed by atoms with Gasteiger partial charge in [-0.2, -0.15) is 4.98 Å². The number of rotatable bonds is 4. The molecule has 2 aliphatic rings. The summed E-state index contributed by atoms with van der Waals surface area (Å²) in [6, 6.07) is 22.6. The summed E-state index contributed by atoms with van der Waals surface area (Å²) in [5.74, 6) is 2.25. The number of hydrogen-bond acceptors (Lipinski definition) is 6. The van der Waals surface area contributed by atoms with Crippen LogP contribution in [0.1, 0.15) is 24.1 Å². The molecule has 35 heavy (non-hydrogen) atoms. The number of aromatic nitrogens is 3. The van der Waals surface area contributed by atoms with Gasteiger partial charge in [0.15, 0.2) is 17.3 Å². The molecule has 2 aliphatic heterocycles. The summed E-state index contributed by atoms with van der Waals surface area (Å²) < 4.78 is 12.9. The first-order valence-electron chi connectivity index (χ1n) is 11.3. The van der Waals surface area contributed by atoms with Crippen LogP contribution in [0.5, 0.6) is 11.5 Å². The van der Waals surface area contributed by atoms with E-state index in [4.69, 9.17) is 19.6 Å². The van der Waals surface area contributed by atoms with Crippen LogP contribution in [0.15, 0.2) is 84.1 Å². The smallest absolute Gasteiger partial charge is 0.255 e. The van der Waals surface area contributed by atoms with Gasteiger partial charge in [0.25, 0.3) is 5.91 Å². The molecule has 0 fully saturated rings. The van der Waals surface area contributed by atoms with E-state index in [1.54, 1.807) is 4.68 Å². The third-order valence-electron chi connectivity index (χ3n) is 6.12. The molecule has 4 aromatic rings. The summed E-state index contributed by atoms with van der Waals surface area (Å²) in [5, 5.41) is 11.1. The quantitative estimate of drug-likeness (QED) is 0.445. The minimum atomic E-state index is -0.518. The summed E-state index contributed by atoms with van der Waals surface area (Å²) in [5.41, 5.74) is 4.83. The van der Waals surface area contributed by atoms with Gasteiger partial charge in [0, 0.05) is 16.9 Å². The second-order valence-corrected chi connectivity index (χ2v) is 8.57. The minimum absolute atomic E-state index is 0.174. The van der Waals surface area contributed by atoms with Crippen molar-refractivity contribution in [2.45, 2.75) is 19.9 Å². The Morgan fingerprint density at radius 3 is 2.66 bits per heavy atom. The summed E-state index contributed by atoms with van der Waals surface area (Å²) in [4.78, 5) is 18.4. The number of ether oxygens (including phenoxy) is 2. The Labute approximate surface area is 202 Å². The highest BCUT2D eigenvalue weighted by Gasteiger charge is 2.35. The van der Waals surface area contributed by atoms with Crippen molar-refractivity contribution in [3.05, 3.63) is 95.2 Å². The maximum absolute atomic E-state index is 13.6. The van der Waals surface area contributed by atoms with Crippen LogP contribution in [-0.4, -0.2) is 27.5 Å². The monoisotopic (exact) mass is 465 g/mol. The van der Waals surface area contributed by atoms with Gasteiger partial charge in [-0.15, -0.1) is 5.10 Å². The van der Waals surface area contributed by atoms with Crippen molar-refractivity contribution in [3.63, 3.8) is 0 Å². The van der Waals surface area contributed by atoms with E-state index >= 15 is 0 Å². The highest BCUT2D eigenvalue weighted by Crippen LogP contribution is 2.41. The van der Waals surface area contributed by atoms with Gasteiger partial charge in [0.2, 0.25) is 12.7 Å². The fraction of sp³-hybridized carbons (Fsp3) is 0.148. The van der Waals surface area contributed by atoms with Gasteiger partial charge < -0.3 is 20.1 Å². The third-order valence-corrected chi connectivity index (χ3v) is 6.12. The van der Waals surface area contributed by atoms with Crippen molar-refractivity contribution in [1.29, 1.82) is 0 Å². The lowest BCUT2D eigenvalue weighted by Crippen LogP contribution is -2.31. The highest BCUT2D eigenvalue weighted by atomic mass is 16.7. The number of hydrogen-bond donors (Lipinski definition) is 2. The van der Waals surface area contributed by atoms with Gasteiger partial charge in [-0.1, -0.05) is 48.0 Å². The number of benzene rings is 3. The molecule has 0 saturated heterocycles. The molecular formula is C27H23N5O3. The predicted octanol–water partition coefficient (Wildman–Crippen LogP) is 4.91. The molecule has 0 aliphatic carbocycles. The van der Waals surface area contributed by atoms with Gasteiger partial charge in [0.05, 0.1) is 5.57 Å². The molecule has 3 heterocycles. The lowest BCUT2D eigenvalue weighted by molar-refractivity contribution is -0.113. The number of fused-ring (bicyclic) bond motifs is 2. The van der Waals surface area contributed by atoms with Gasteiger partial charge in [-0.05, 0) is 49.7 Å². The lowest BCUT2D eigenvalue weighted by Gasteiger charge is -2.28. The van der Waals surface area contributed by atoms with Crippen molar-refractivity contribution >= 4 is 17.5 Å². The molecule has 6 rings (SSSR count). The topological polar surface area (TPSA) is 90.3 Å². The lowest BCUT2D eigenvalue weighted by atomic mass is 9.94. The van der Waals surface area contributed by atoms with Crippen LogP contribution in [-0.2, 0) is 4.79 Å². The fourth-order valence-corrected chi connectivity index (χ4v) is 4.46. The number of para-hydroxylation sites is 1. The average molecular weight is 466 g/mol. The molecule has 8 heteroatoms. The van der Waals surface area contributed by atoms with Crippen LogP contribution < -0.4 is 20.1 Å². The normalized spacial score (nSPS) is 16.0. The molecular weight excluding hydrogens is 442 g/mol. The number of nitrogens with one attached hydrogen (secondary N) is 2. The van der Waals surface area contributed by atoms with Crippen molar-refractivity contribution in [2.24, 2.45) is 0 Å². The zero-order chi connectivity index (χ0) is 23.9. The molecule has 1 amide bonds. The second-order valence-electron chi connectivity index (χ2n) is 8.57. The van der Waals surface area contributed by atoms with Gasteiger partial charge >= 0.3 is 0 Å². The Morgan fingerprint density at radius 2 is 1.83 bits per heavy atom.